The Bertz CT molecular complexity index is 373. The highest BCUT2D eigenvalue weighted by atomic mass is 35.5. The van der Waals surface area contributed by atoms with Gasteiger partial charge in [-0.05, 0) is 11.6 Å². The molecule has 0 bridgehead atoms. The normalized spacial score (nSPS) is 11.3. The summed E-state index contributed by atoms with van der Waals surface area (Å²) in [5, 5.41) is 17.8. The van der Waals surface area contributed by atoms with E-state index in [0.29, 0.717) is 5.02 Å². The molecule has 0 fully saturated rings. The molecule has 1 aromatic carbocycles. The van der Waals surface area contributed by atoms with Crippen molar-refractivity contribution >= 4 is 11.6 Å². The number of rotatable bonds is 2. The first-order valence-corrected chi connectivity index (χ1v) is 4.18. The molecule has 13 heavy (non-hydrogen) atoms. The molecule has 0 radical (unpaired) electrons. The number of halogens is 1. The van der Waals surface area contributed by atoms with Crippen molar-refractivity contribution in [2.24, 2.45) is 0 Å². The predicted molar refractivity (Wildman–Crippen MR) is 50.0 cm³/mol. The summed E-state index contributed by atoms with van der Waals surface area (Å²) in [5.41, 5.74) is 0.730. The summed E-state index contributed by atoms with van der Waals surface area (Å²) in [7, 11) is 0. The summed E-state index contributed by atoms with van der Waals surface area (Å²) < 4.78 is 0. The van der Waals surface area contributed by atoms with Gasteiger partial charge in [0.15, 0.2) is 0 Å². The molecule has 1 atom stereocenters. The van der Waals surface area contributed by atoms with Crippen LogP contribution in [0.5, 0.6) is 0 Å². The van der Waals surface area contributed by atoms with Gasteiger partial charge in [0.05, 0.1) is 24.5 Å². The fourth-order valence-corrected chi connectivity index (χ4v) is 1.34. The largest absolute Gasteiger partial charge is 0.198 e. The summed E-state index contributed by atoms with van der Waals surface area (Å²) >= 11 is 5.87. The second kappa shape index (κ2) is 4.50. The minimum Gasteiger partial charge on any atom is -0.198 e. The van der Waals surface area contributed by atoms with Crippen molar-refractivity contribution in [1.29, 1.82) is 10.5 Å². The van der Waals surface area contributed by atoms with Gasteiger partial charge in [-0.1, -0.05) is 29.8 Å². The standard InChI is InChI=1S/C10H7ClN2/c11-10-4-2-1-3-9(10)8(7-13)5-6-12/h1-4,8H,5H2/t8-/m1/s1. The molecule has 0 unspecified atom stereocenters. The second-order valence-corrected chi connectivity index (χ2v) is 2.97. The molecule has 64 valence electrons. The molecule has 0 saturated carbocycles. The van der Waals surface area contributed by atoms with Crippen LogP contribution in [0.2, 0.25) is 5.02 Å². The van der Waals surface area contributed by atoms with Gasteiger partial charge in [0.2, 0.25) is 0 Å². The van der Waals surface area contributed by atoms with Gasteiger partial charge in [0, 0.05) is 5.02 Å². The molecule has 0 saturated heterocycles. The molecule has 0 aliphatic carbocycles. The molecule has 1 aromatic rings. The lowest BCUT2D eigenvalue weighted by Crippen LogP contribution is -1.94. The van der Waals surface area contributed by atoms with Crippen molar-refractivity contribution < 1.29 is 0 Å². The van der Waals surface area contributed by atoms with Crippen LogP contribution in [0.1, 0.15) is 17.9 Å². The van der Waals surface area contributed by atoms with E-state index in [1.54, 1.807) is 18.2 Å². The Morgan fingerprint density at radius 2 is 2.00 bits per heavy atom. The third-order valence-corrected chi connectivity index (χ3v) is 2.08. The molecule has 0 aromatic heterocycles. The topological polar surface area (TPSA) is 47.6 Å². The van der Waals surface area contributed by atoms with E-state index in [1.807, 2.05) is 12.1 Å². The Morgan fingerprint density at radius 1 is 1.31 bits per heavy atom. The molecule has 0 aliphatic rings. The van der Waals surface area contributed by atoms with E-state index >= 15 is 0 Å². The van der Waals surface area contributed by atoms with Crippen LogP contribution < -0.4 is 0 Å². The van der Waals surface area contributed by atoms with Gasteiger partial charge < -0.3 is 0 Å². The Kier molecular flexibility index (Phi) is 3.31. The van der Waals surface area contributed by atoms with Crippen molar-refractivity contribution in [3.8, 4) is 12.1 Å². The van der Waals surface area contributed by atoms with Gasteiger partial charge >= 0.3 is 0 Å². The first-order valence-electron chi connectivity index (χ1n) is 3.80. The van der Waals surface area contributed by atoms with E-state index in [-0.39, 0.29) is 6.42 Å². The maximum Gasteiger partial charge on any atom is 0.0856 e. The Morgan fingerprint density at radius 3 is 2.54 bits per heavy atom. The highest BCUT2D eigenvalue weighted by Crippen LogP contribution is 2.25. The molecule has 2 nitrogen and oxygen atoms in total. The average molecular weight is 191 g/mol. The molecule has 1 rings (SSSR count). The van der Waals surface area contributed by atoms with E-state index in [1.165, 1.54) is 0 Å². The van der Waals surface area contributed by atoms with Crippen LogP contribution in [-0.2, 0) is 0 Å². The zero-order chi connectivity index (χ0) is 9.68. The van der Waals surface area contributed by atoms with E-state index in [2.05, 4.69) is 6.07 Å². The molecular weight excluding hydrogens is 184 g/mol. The fourth-order valence-electron chi connectivity index (χ4n) is 1.07. The Labute approximate surface area is 82.0 Å². The van der Waals surface area contributed by atoms with Crippen molar-refractivity contribution in [2.45, 2.75) is 12.3 Å². The van der Waals surface area contributed by atoms with E-state index in [0.717, 1.165) is 5.56 Å². The quantitative estimate of drug-likeness (QED) is 0.720. The summed E-state index contributed by atoms with van der Waals surface area (Å²) in [5.74, 6) is -0.418. The molecule has 3 heteroatoms. The monoisotopic (exact) mass is 190 g/mol. The summed E-state index contributed by atoms with van der Waals surface area (Å²) in [6.07, 6.45) is 0.181. The predicted octanol–water partition coefficient (Wildman–Crippen LogP) is 2.86. The van der Waals surface area contributed by atoms with Crippen LogP contribution in [0, 0.1) is 22.7 Å². The fraction of sp³-hybridized carbons (Fsp3) is 0.200. The van der Waals surface area contributed by atoms with E-state index in [4.69, 9.17) is 22.1 Å². The first kappa shape index (κ1) is 9.58. The van der Waals surface area contributed by atoms with Crippen LogP contribution in [0.4, 0.5) is 0 Å². The van der Waals surface area contributed by atoms with Crippen molar-refractivity contribution in [3.05, 3.63) is 34.9 Å². The van der Waals surface area contributed by atoms with Crippen LogP contribution in [0.25, 0.3) is 0 Å². The summed E-state index contributed by atoms with van der Waals surface area (Å²) in [4.78, 5) is 0. The number of hydrogen-bond acceptors (Lipinski definition) is 2. The Balaban J connectivity index is 3.01. The number of nitriles is 2. The van der Waals surface area contributed by atoms with Crippen molar-refractivity contribution in [3.63, 3.8) is 0 Å². The van der Waals surface area contributed by atoms with Gasteiger partial charge in [-0.15, -0.1) is 0 Å². The van der Waals surface area contributed by atoms with Crippen LogP contribution in [0.15, 0.2) is 24.3 Å². The molecule has 0 heterocycles. The smallest absolute Gasteiger partial charge is 0.0856 e. The number of nitrogens with zero attached hydrogens (tertiary/aromatic N) is 2. The van der Waals surface area contributed by atoms with Crippen molar-refractivity contribution in [2.75, 3.05) is 0 Å². The Hall–Kier alpha value is -1.51. The third kappa shape index (κ3) is 2.21. The second-order valence-electron chi connectivity index (χ2n) is 2.57. The van der Waals surface area contributed by atoms with Crippen LogP contribution in [-0.4, -0.2) is 0 Å². The molecule has 0 spiro atoms. The van der Waals surface area contributed by atoms with Gasteiger partial charge in [-0.25, -0.2) is 0 Å². The van der Waals surface area contributed by atoms with E-state index in [9.17, 15) is 0 Å². The molecule has 0 amide bonds. The van der Waals surface area contributed by atoms with Crippen molar-refractivity contribution in [1.82, 2.24) is 0 Å². The highest BCUT2D eigenvalue weighted by Gasteiger charge is 2.12. The highest BCUT2D eigenvalue weighted by molar-refractivity contribution is 6.31. The zero-order valence-corrected chi connectivity index (χ0v) is 7.62. The lowest BCUT2D eigenvalue weighted by atomic mass is 9.98. The zero-order valence-electron chi connectivity index (χ0n) is 6.87. The van der Waals surface area contributed by atoms with E-state index < -0.39 is 5.92 Å². The van der Waals surface area contributed by atoms with Crippen LogP contribution >= 0.6 is 11.6 Å². The summed E-state index contributed by atoms with van der Waals surface area (Å²) in [6.45, 7) is 0. The SMILES string of the molecule is N#CC[C@H](C#N)c1ccccc1Cl. The minimum atomic E-state index is -0.418. The van der Waals surface area contributed by atoms with Gasteiger partial charge in [0.1, 0.15) is 0 Å². The van der Waals surface area contributed by atoms with Gasteiger partial charge in [0.25, 0.3) is 0 Å². The first-order chi connectivity index (χ1) is 6.29. The maximum absolute atomic E-state index is 8.78. The van der Waals surface area contributed by atoms with Gasteiger partial charge in [-0.3, -0.25) is 0 Å². The van der Waals surface area contributed by atoms with Gasteiger partial charge in [-0.2, -0.15) is 10.5 Å². The molecule has 0 N–H and O–H groups in total. The maximum atomic E-state index is 8.78. The third-order valence-electron chi connectivity index (χ3n) is 1.73. The number of benzene rings is 1. The van der Waals surface area contributed by atoms with Crippen LogP contribution in [0.3, 0.4) is 0 Å². The molecule has 0 aliphatic heterocycles. The molecular formula is C10H7ClN2. The average Bonchev–Trinajstić information content (AvgIpc) is 2.16. The lowest BCUT2D eigenvalue weighted by Gasteiger charge is -2.06. The minimum absolute atomic E-state index is 0.181. The number of hydrogen-bond donors (Lipinski definition) is 0. The summed E-state index contributed by atoms with van der Waals surface area (Å²) in [6, 6.07) is 11.1. The lowest BCUT2D eigenvalue weighted by molar-refractivity contribution is 0.887.